The number of carbonyl (C=O) groups excluding carboxylic acids is 1. The Balaban J connectivity index is 1.49. The quantitative estimate of drug-likeness (QED) is 0.644. The molecule has 2 aliphatic rings. The first-order valence-corrected chi connectivity index (χ1v) is 8.91. The van der Waals surface area contributed by atoms with E-state index in [1.165, 1.54) is 37.6 Å². The molecule has 21 heavy (non-hydrogen) atoms. The van der Waals surface area contributed by atoms with Gasteiger partial charge in [-0.3, -0.25) is 9.69 Å². The van der Waals surface area contributed by atoms with Crippen LogP contribution >= 0.6 is 11.8 Å². The molecular formula is C16H27NO3S. The zero-order chi connectivity index (χ0) is 15.1. The highest BCUT2D eigenvalue weighted by Crippen LogP contribution is 2.33. The number of hydrogen-bond acceptors (Lipinski definition) is 5. The van der Waals surface area contributed by atoms with Crippen molar-refractivity contribution < 1.29 is 14.3 Å². The van der Waals surface area contributed by atoms with E-state index in [1.54, 1.807) is 0 Å². The molecule has 2 heterocycles. The lowest BCUT2D eigenvalue weighted by Crippen LogP contribution is -2.36. The van der Waals surface area contributed by atoms with Crippen LogP contribution in [-0.2, 0) is 14.3 Å². The molecule has 0 aromatic rings. The maximum atomic E-state index is 11.5. The van der Waals surface area contributed by atoms with Crippen molar-refractivity contribution in [2.24, 2.45) is 0 Å². The maximum Gasteiger partial charge on any atom is 0.219 e. The smallest absolute Gasteiger partial charge is 0.219 e. The maximum absolute atomic E-state index is 11.5. The van der Waals surface area contributed by atoms with Gasteiger partial charge in [-0.25, -0.2) is 0 Å². The summed E-state index contributed by atoms with van der Waals surface area (Å²) in [4.78, 5) is 14.0. The van der Waals surface area contributed by atoms with Gasteiger partial charge in [0.1, 0.15) is 5.76 Å². The van der Waals surface area contributed by atoms with Gasteiger partial charge in [-0.1, -0.05) is 24.6 Å². The Kier molecular flexibility index (Phi) is 7.07. The highest BCUT2D eigenvalue weighted by Gasteiger charge is 2.28. The van der Waals surface area contributed by atoms with Crippen molar-refractivity contribution in [1.29, 1.82) is 0 Å². The fourth-order valence-electron chi connectivity index (χ4n) is 2.73. The van der Waals surface area contributed by atoms with Crippen LogP contribution in [0.5, 0.6) is 0 Å². The van der Waals surface area contributed by atoms with Gasteiger partial charge in [0.25, 0.3) is 0 Å². The molecule has 0 amide bonds. The lowest BCUT2D eigenvalue weighted by Gasteiger charge is -2.26. The van der Waals surface area contributed by atoms with Crippen LogP contribution in [0.2, 0.25) is 0 Å². The molecule has 0 aromatic heterocycles. The fraction of sp³-hybridized carbons (Fsp3) is 0.812. The minimum absolute atomic E-state index is 0.169. The van der Waals surface area contributed by atoms with E-state index in [9.17, 15) is 4.79 Å². The number of carbonyl (C=O) groups is 1. The topological polar surface area (TPSA) is 38.8 Å². The number of unbranched alkanes of at least 4 members (excludes halogenated alkanes) is 3. The lowest BCUT2D eigenvalue weighted by atomic mass is 10.2. The normalized spacial score (nSPS) is 23.9. The first kappa shape index (κ1) is 16.8. The van der Waals surface area contributed by atoms with Crippen molar-refractivity contribution in [2.45, 2.75) is 44.8 Å². The number of hydrogen-bond donors (Lipinski definition) is 0. The molecule has 0 N–H and O–H groups in total. The summed E-state index contributed by atoms with van der Waals surface area (Å²) in [5, 5.41) is 0.363. The highest BCUT2D eigenvalue weighted by molar-refractivity contribution is 8.15. The van der Waals surface area contributed by atoms with Crippen molar-refractivity contribution in [1.82, 2.24) is 4.90 Å². The summed E-state index contributed by atoms with van der Waals surface area (Å²) in [5.41, 5.74) is 0.805. The van der Waals surface area contributed by atoms with Crippen LogP contribution in [0, 0.1) is 0 Å². The largest absolute Gasteiger partial charge is 0.496 e. The molecule has 1 fully saturated rings. The molecule has 0 aromatic carbocycles. The van der Waals surface area contributed by atoms with Crippen molar-refractivity contribution in [3.05, 3.63) is 11.3 Å². The third-order valence-corrected chi connectivity index (χ3v) is 5.15. The Morgan fingerprint density at radius 1 is 1.24 bits per heavy atom. The number of rotatable bonds is 8. The molecule has 120 valence electrons. The average Bonchev–Trinajstić information content (AvgIpc) is 2.73. The minimum atomic E-state index is 0.169. The Bertz CT molecular complexity index is 378. The molecular weight excluding hydrogens is 286 g/mol. The molecule has 1 atom stereocenters. The Morgan fingerprint density at radius 2 is 1.95 bits per heavy atom. The molecule has 0 aliphatic carbocycles. The molecule has 2 rings (SSSR count). The second-order valence-electron chi connectivity index (χ2n) is 5.75. The number of morpholine rings is 1. The van der Waals surface area contributed by atoms with Crippen LogP contribution in [0.4, 0.5) is 0 Å². The van der Waals surface area contributed by atoms with Crippen LogP contribution < -0.4 is 0 Å². The molecule has 4 nitrogen and oxygen atoms in total. The summed E-state index contributed by atoms with van der Waals surface area (Å²) in [5.74, 6) is 0.901. The average molecular weight is 313 g/mol. The van der Waals surface area contributed by atoms with Crippen molar-refractivity contribution in [2.75, 3.05) is 39.5 Å². The SMILES string of the molecule is CC1=C(OCCCCCCN2CCOCC2)C(C)SC1=O. The fourth-order valence-corrected chi connectivity index (χ4v) is 3.68. The summed E-state index contributed by atoms with van der Waals surface area (Å²) in [6, 6.07) is 0. The van der Waals surface area contributed by atoms with Gasteiger partial charge >= 0.3 is 0 Å². The van der Waals surface area contributed by atoms with Crippen LogP contribution in [0.15, 0.2) is 11.3 Å². The van der Waals surface area contributed by atoms with E-state index in [-0.39, 0.29) is 10.4 Å². The molecule has 0 saturated carbocycles. The van der Waals surface area contributed by atoms with Gasteiger partial charge in [-0.05, 0) is 33.2 Å². The Labute approximate surface area is 132 Å². The number of thioether (sulfide) groups is 1. The molecule has 5 heteroatoms. The minimum Gasteiger partial charge on any atom is -0.496 e. The van der Waals surface area contributed by atoms with E-state index >= 15 is 0 Å². The molecule has 0 spiro atoms. The van der Waals surface area contributed by atoms with Gasteiger partial charge in [-0.2, -0.15) is 0 Å². The van der Waals surface area contributed by atoms with Crippen molar-refractivity contribution in [3.8, 4) is 0 Å². The van der Waals surface area contributed by atoms with E-state index in [4.69, 9.17) is 9.47 Å². The lowest BCUT2D eigenvalue weighted by molar-refractivity contribution is -0.107. The van der Waals surface area contributed by atoms with E-state index in [0.29, 0.717) is 0 Å². The predicted molar refractivity (Wildman–Crippen MR) is 86.4 cm³/mol. The first-order chi connectivity index (χ1) is 10.2. The summed E-state index contributed by atoms with van der Waals surface area (Å²) in [6.45, 7) is 9.78. The van der Waals surface area contributed by atoms with Crippen LogP contribution in [-0.4, -0.2) is 54.7 Å². The molecule has 0 bridgehead atoms. The zero-order valence-corrected chi connectivity index (χ0v) is 14.0. The zero-order valence-electron chi connectivity index (χ0n) is 13.2. The number of nitrogens with zero attached hydrogens (tertiary/aromatic N) is 1. The predicted octanol–water partition coefficient (Wildman–Crippen LogP) is 2.83. The monoisotopic (exact) mass is 313 g/mol. The first-order valence-electron chi connectivity index (χ1n) is 8.03. The van der Waals surface area contributed by atoms with Gasteiger partial charge in [0.2, 0.25) is 5.12 Å². The third-order valence-electron chi connectivity index (χ3n) is 4.06. The van der Waals surface area contributed by atoms with E-state index in [0.717, 1.165) is 50.7 Å². The summed E-state index contributed by atoms with van der Waals surface area (Å²) >= 11 is 1.37. The van der Waals surface area contributed by atoms with Gasteiger partial charge in [0, 0.05) is 18.7 Å². The second-order valence-corrected chi connectivity index (χ2v) is 7.07. The Hall–Kier alpha value is -0.520. The summed E-state index contributed by atoms with van der Waals surface area (Å²) < 4.78 is 11.1. The van der Waals surface area contributed by atoms with E-state index < -0.39 is 0 Å². The van der Waals surface area contributed by atoms with Gasteiger partial charge in [0.15, 0.2) is 0 Å². The van der Waals surface area contributed by atoms with Crippen molar-refractivity contribution >= 4 is 16.9 Å². The second kappa shape index (κ2) is 8.81. The van der Waals surface area contributed by atoms with Gasteiger partial charge < -0.3 is 9.47 Å². The standard InChI is InChI=1S/C16H27NO3S/c1-13-15(14(2)21-16(13)18)20-10-6-4-3-5-7-17-8-11-19-12-9-17/h14H,3-12H2,1-2H3. The van der Waals surface area contributed by atoms with Gasteiger partial charge in [-0.15, -0.1) is 0 Å². The van der Waals surface area contributed by atoms with Crippen LogP contribution in [0.1, 0.15) is 39.5 Å². The summed E-state index contributed by atoms with van der Waals surface area (Å²) in [6.07, 6.45) is 4.78. The Morgan fingerprint density at radius 3 is 2.62 bits per heavy atom. The molecule has 1 saturated heterocycles. The third kappa shape index (κ3) is 5.31. The van der Waals surface area contributed by atoms with E-state index in [2.05, 4.69) is 4.90 Å². The van der Waals surface area contributed by atoms with E-state index in [1.807, 2.05) is 13.8 Å². The molecule has 0 radical (unpaired) electrons. The van der Waals surface area contributed by atoms with Crippen molar-refractivity contribution in [3.63, 3.8) is 0 Å². The van der Waals surface area contributed by atoms with Crippen LogP contribution in [0.25, 0.3) is 0 Å². The molecule has 2 aliphatic heterocycles. The summed E-state index contributed by atoms with van der Waals surface area (Å²) in [7, 11) is 0. The number of ether oxygens (including phenoxy) is 2. The highest BCUT2D eigenvalue weighted by atomic mass is 32.2. The molecule has 1 unspecified atom stereocenters. The van der Waals surface area contributed by atoms with Gasteiger partial charge in [0.05, 0.1) is 25.1 Å². The van der Waals surface area contributed by atoms with Crippen LogP contribution in [0.3, 0.4) is 0 Å².